The van der Waals surface area contributed by atoms with Crippen molar-refractivity contribution in [1.29, 1.82) is 0 Å². The molecule has 1 N–H and O–H groups in total. The van der Waals surface area contributed by atoms with Crippen molar-refractivity contribution >= 4 is 23.0 Å². The number of nitrogens with zero attached hydrogens (tertiary/aromatic N) is 2. The number of carbonyl (C=O) groups is 1. The van der Waals surface area contributed by atoms with Gasteiger partial charge in [-0.3, -0.25) is 14.9 Å². The highest BCUT2D eigenvalue weighted by atomic mass is 19.1. The number of carbonyl (C=O) groups excluding carboxylic acids is 1. The van der Waals surface area contributed by atoms with Crippen molar-refractivity contribution in [2.75, 3.05) is 23.3 Å². The molecular formula is C18H17F2N3O3. The predicted molar refractivity (Wildman–Crippen MR) is 93.6 cm³/mol. The Kier molecular flexibility index (Phi) is 4.83. The molecule has 1 fully saturated rings. The van der Waals surface area contributed by atoms with Gasteiger partial charge in [-0.05, 0) is 44.0 Å². The van der Waals surface area contributed by atoms with Gasteiger partial charge in [-0.2, -0.15) is 0 Å². The van der Waals surface area contributed by atoms with Crippen LogP contribution in [-0.4, -0.2) is 23.9 Å². The Morgan fingerprint density at radius 2 is 1.77 bits per heavy atom. The van der Waals surface area contributed by atoms with Gasteiger partial charge in [0, 0.05) is 36.0 Å². The summed E-state index contributed by atoms with van der Waals surface area (Å²) >= 11 is 0. The van der Waals surface area contributed by atoms with Crippen LogP contribution in [0.5, 0.6) is 0 Å². The Balaban J connectivity index is 1.81. The lowest BCUT2D eigenvalue weighted by molar-refractivity contribution is -0.385. The maximum absolute atomic E-state index is 14.3. The summed E-state index contributed by atoms with van der Waals surface area (Å²) in [5.74, 6) is -2.07. The zero-order chi connectivity index (χ0) is 18.8. The number of anilines is 2. The molecule has 1 aliphatic rings. The number of hydrogen-bond donors (Lipinski definition) is 1. The minimum Gasteiger partial charge on any atom is -0.367 e. The van der Waals surface area contributed by atoms with Crippen LogP contribution in [0.2, 0.25) is 0 Å². The van der Waals surface area contributed by atoms with E-state index in [-0.39, 0.29) is 22.6 Å². The van der Waals surface area contributed by atoms with E-state index < -0.39 is 22.5 Å². The summed E-state index contributed by atoms with van der Waals surface area (Å²) in [5.41, 5.74) is 0.297. The van der Waals surface area contributed by atoms with Gasteiger partial charge in [-0.25, -0.2) is 8.78 Å². The van der Waals surface area contributed by atoms with Gasteiger partial charge < -0.3 is 10.2 Å². The fraction of sp³-hybridized carbons (Fsp3) is 0.278. The highest BCUT2D eigenvalue weighted by molar-refractivity contribution is 6.04. The summed E-state index contributed by atoms with van der Waals surface area (Å²) in [4.78, 5) is 24.2. The molecule has 6 nitrogen and oxygen atoms in total. The molecule has 8 heteroatoms. The van der Waals surface area contributed by atoms with Gasteiger partial charge in [0.25, 0.3) is 11.6 Å². The Labute approximate surface area is 148 Å². The number of amides is 1. The van der Waals surface area contributed by atoms with Crippen LogP contribution in [0.25, 0.3) is 0 Å². The zero-order valence-electron chi connectivity index (χ0n) is 14.1. The van der Waals surface area contributed by atoms with Crippen LogP contribution in [0.15, 0.2) is 30.3 Å². The molecule has 2 aromatic rings. The van der Waals surface area contributed by atoms with Crippen molar-refractivity contribution in [3.8, 4) is 0 Å². The van der Waals surface area contributed by atoms with Gasteiger partial charge in [-0.1, -0.05) is 0 Å². The molecule has 0 saturated carbocycles. The van der Waals surface area contributed by atoms with Gasteiger partial charge in [0.05, 0.1) is 4.92 Å². The van der Waals surface area contributed by atoms with Crippen LogP contribution < -0.4 is 10.2 Å². The number of nitrogens with one attached hydrogen (secondary N) is 1. The Morgan fingerprint density at radius 3 is 2.31 bits per heavy atom. The number of benzene rings is 2. The van der Waals surface area contributed by atoms with E-state index in [1.807, 2.05) is 0 Å². The van der Waals surface area contributed by atoms with E-state index in [2.05, 4.69) is 5.32 Å². The number of rotatable bonds is 4. The molecule has 0 radical (unpaired) electrons. The van der Waals surface area contributed by atoms with Crippen LogP contribution in [0.1, 0.15) is 28.8 Å². The van der Waals surface area contributed by atoms with Crippen molar-refractivity contribution in [1.82, 2.24) is 0 Å². The molecule has 136 valence electrons. The average Bonchev–Trinajstić information content (AvgIpc) is 3.07. The van der Waals surface area contributed by atoms with Crippen LogP contribution in [-0.2, 0) is 0 Å². The first-order chi connectivity index (χ1) is 12.4. The number of nitro benzene ring substituents is 1. The highest BCUT2D eigenvalue weighted by Crippen LogP contribution is 2.30. The third-order valence-corrected chi connectivity index (χ3v) is 4.35. The fourth-order valence-electron chi connectivity index (χ4n) is 3.09. The maximum Gasteiger partial charge on any atom is 0.272 e. The molecule has 3 rings (SSSR count). The number of aryl methyl sites for hydroxylation is 1. The molecule has 26 heavy (non-hydrogen) atoms. The fourth-order valence-corrected chi connectivity index (χ4v) is 3.09. The molecule has 0 aromatic heterocycles. The molecule has 0 unspecified atom stereocenters. The van der Waals surface area contributed by atoms with Crippen molar-refractivity contribution in [3.63, 3.8) is 0 Å². The van der Waals surface area contributed by atoms with E-state index in [9.17, 15) is 23.7 Å². The quantitative estimate of drug-likeness (QED) is 0.659. The molecule has 0 aliphatic carbocycles. The first kappa shape index (κ1) is 17.8. The van der Waals surface area contributed by atoms with Gasteiger partial charge in [-0.15, -0.1) is 0 Å². The Morgan fingerprint density at radius 1 is 1.15 bits per heavy atom. The van der Waals surface area contributed by atoms with Crippen LogP contribution in [0.3, 0.4) is 0 Å². The van der Waals surface area contributed by atoms with E-state index in [1.165, 1.54) is 25.1 Å². The summed E-state index contributed by atoms with van der Waals surface area (Å²) < 4.78 is 28.6. The number of nitro groups is 1. The summed E-state index contributed by atoms with van der Waals surface area (Å²) in [6.45, 7) is 2.71. The largest absolute Gasteiger partial charge is 0.367 e. The van der Waals surface area contributed by atoms with Crippen LogP contribution >= 0.6 is 0 Å². The number of hydrogen-bond acceptors (Lipinski definition) is 4. The molecule has 1 amide bonds. The van der Waals surface area contributed by atoms with E-state index in [0.29, 0.717) is 18.7 Å². The summed E-state index contributed by atoms with van der Waals surface area (Å²) in [5, 5.41) is 13.3. The smallest absolute Gasteiger partial charge is 0.272 e. The standard InChI is InChI=1S/C18H17F2N3O3/c1-11-8-12(4-5-16(11)23(25)26)18(24)21-13-9-14(19)17(15(20)10-13)22-6-2-3-7-22/h4-5,8-10H,2-3,6-7H2,1H3,(H,21,24). The molecule has 1 aliphatic heterocycles. The van der Waals surface area contributed by atoms with Crippen molar-refractivity contribution < 1.29 is 18.5 Å². The van der Waals surface area contributed by atoms with E-state index >= 15 is 0 Å². The van der Waals surface area contributed by atoms with E-state index in [4.69, 9.17) is 0 Å². The Hall–Kier alpha value is -3.03. The second-order valence-corrected chi connectivity index (χ2v) is 6.20. The Bertz CT molecular complexity index is 857. The summed E-state index contributed by atoms with van der Waals surface area (Å²) in [6, 6.07) is 6.03. The lowest BCUT2D eigenvalue weighted by atomic mass is 10.1. The third-order valence-electron chi connectivity index (χ3n) is 4.35. The molecule has 1 saturated heterocycles. The molecule has 0 atom stereocenters. The lowest BCUT2D eigenvalue weighted by Crippen LogP contribution is -2.21. The SMILES string of the molecule is Cc1cc(C(=O)Nc2cc(F)c(N3CCCC3)c(F)c2)ccc1[N+](=O)[O-]. The van der Waals surface area contributed by atoms with Crippen LogP contribution in [0, 0.1) is 28.7 Å². The predicted octanol–water partition coefficient (Wildman–Crippen LogP) is 4.03. The molecule has 1 heterocycles. The highest BCUT2D eigenvalue weighted by Gasteiger charge is 2.22. The van der Waals surface area contributed by atoms with Crippen molar-refractivity contribution in [2.45, 2.75) is 19.8 Å². The monoisotopic (exact) mass is 361 g/mol. The first-order valence-corrected chi connectivity index (χ1v) is 8.17. The third kappa shape index (κ3) is 3.49. The summed E-state index contributed by atoms with van der Waals surface area (Å²) in [6.07, 6.45) is 1.77. The molecule has 0 bridgehead atoms. The second-order valence-electron chi connectivity index (χ2n) is 6.20. The van der Waals surface area contributed by atoms with Crippen molar-refractivity contribution in [3.05, 3.63) is 63.2 Å². The molecule has 2 aromatic carbocycles. The number of halogens is 2. The van der Waals surface area contributed by atoms with E-state index in [0.717, 1.165) is 25.0 Å². The average molecular weight is 361 g/mol. The first-order valence-electron chi connectivity index (χ1n) is 8.17. The zero-order valence-corrected chi connectivity index (χ0v) is 14.1. The second kappa shape index (κ2) is 7.07. The van der Waals surface area contributed by atoms with Gasteiger partial charge >= 0.3 is 0 Å². The normalized spacial score (nSPS) is 13.7. The molecular weight excluding hydrogens is 344 g/mol. The lowest BCUT2D eigenvalue weighted by Gasteiger charge is -2.19. The minimum absolute atomic E-state index is 0.0102. The van der Waals surface area contributed by atoms with E-state index in [1.54, 1.807) is 4.90 Å². The topological polar surface area (TPSA) is 75.5 Å². The van der Waals surface area contributed by atoms with Crippen molar-refractivity contribution in [2.24, 2.45) is 0 Å². The van der Waals surface area contributed by atoms with Gasteiger partial charge in [0.2, 0.25) is 0 Å². The van der Waals surface area contributed by atoms with Crippen LogP contribution in [0.4, 0.5) is 25.8 Å². The minimum atomic E-state index is -0.734. The van der Waals surface area contributed by atoms with Gasteiger partial charge in [0.15, 0.2) is 11.6 Å². The van der Waals surface area contributed by atoms with Gasteiger partial charge in [0.1, 0.15) is 5.69 Å². The summed E-state index contributed by atoms with van der Waals surface area (Å²) in [7, 11) is 0. The maximum atomic E-state index is 14.3. The molecule has 0 spiro atoms.